The fourth-order valence-electron chi connectivity index (χ4n) is 7.76. The van der Waals surface area contributed by atoms with Crippen LogP contribution in [0.2, 0.25) is 0 Å². The van der Waals surface area contributed by atoms with E-state index in [2.05, 4.69) is 35.6 Å². The van der Waals surface area contributed by atoms with Crippen molar-refractivity contribution in [3.63, 3.8) is 0 Å². The molecule has 0 amide bonds. The van der Waals surface area contributed by atoms with Crippen molar-refractivity contribution in [1.29, 1.82) is 0 Å². The average molecular weight is 676 g/mol. The van der Waals surface area contributed by atoms with E-state index in [0.717, 1.165) is 56.1 Å². The number of aliphatic imine (C=N–C) groups is 1. The number of fused-ring (bicyclic) bond motifs is 8. The number of benzene rings is 1. The number of aliphatic hydroxyl groups excluding tert-OH is 2. The van der Waals surface area contributed by atoms with E-state index in [0.29, 0.717) is 61.5 Å². The van der Waals surface area contributed by atoms with Crippen LogP contribution in [-0.2, 0) is 16.0 Å². The molecule has 268 valence electrons. The number of carbonyl (C=O) groups excluding carboxylic acids is 1. The number of hydrogen-bond donors (Lipinski definition) is 5. The second kappa shape index (κ2) is 19.0. The maximum absolute atomic E-state index is 13.2. The van der Waals surface area contributed by atoms with Crippen LogP contribution in [0.1, 0.15) is 114 Å². The lowest BCUT2D eigenvalue weighted by Gasteiger charge is -2.37. The van der Waals surface area contributed by atoms with E-state index < -0.39 is 6.04 Å². The highest BCUT2D eigenvalue weighted by Crippen LogP contribution is 2.48. The first-order chi connectivity index (χ1) is 23.7. The average Bonchev–Trinajstić information content (AvgIpc) is 3.59. The Hall–Kier alpha value is -3.50. The van der Waals surface area contributed by atoms with Gasteiger partial charge in [-0.3, -0.25) is 4.79 Å². The van der Waals surface area contributed by atoms with Crippen LogP contribution in [0.5, 0.6) is 11.5 Å². The summed E-state index contributed by atoms with van der Waals surface area (Å²) in [6, 6.07) is 1.46. The Morgan fingerprint density at radius 1 is 1.10 bits per heavy atom. The lowest BCUT2D eigenvalue weighted by atomic mass is 9.70. The molecule has 1 unspecified atom stereocenters. The van der Waals surface area contributed by atoms with Gasteiger partial charge < -0.3 is 36.3 Å². The van der Waals surface area contributed by atoms with Gasteiger partial charge in [0.15, 0.2) is 23.2 Å². The number of carbonyl (C=O) groups is 1. The minimum absolute atomic E-state index is 0.00236. The van der Waals surface area contributed by atoms with Crippen LogP contribution in [-0.4, -0.2) is 66.1 Å². The number of phenols is 1. The molecule has 4 aliphatic carbocycles. The van der Waals surface area contributed by atoms with E-state index in [4.69, 9.17) is 20.9 Å². The number of hydrogen-bond acceptors (Lipinski definition) is 7. The van der Waals surface area contributed by atoms with Gasteiger partial charge in [-0.25, -0.2) is 4.99 Å². The van der Waals surface area contributed by atoms with Gasteiger partial charge in [-0.2, -0.15) is 0 Å². The summed E-state index contributed by atoms with van der Waals surface area (Å²) in [6.07, 6.45) is 10.9. The molecule has 7 N–H and O–H groups in total. The molecule has 1 aromatic rings. The summed E-state index contributed by atoms with van der Waals surface area (Å²) in [4.78, 5) is 17.9. The van der Waals surface area contributed by atoms with Gasteiger partial charge in [0.2, 0.25) is 0 Å². The van der Waals surface area contributed by atoms with Crippen LogP contribution in [0.3, 0.4) is 0 Å². The fraction of sp³-hybridized carbons (Fsp3) is 0.650. The zero-order valence-electron chi connectivity index (χ0n) is 29.7. The fourth-order valence-corrected chi connectivity index (χ4v) is 7.76. The number of phenolic OH excluding ortho intramolecular Hbond substituents is 1. The highest BCUT2D eigenvalue weighted by molar-refractivity contribution is 5.90. The standard InChI is InChI=1S/C40H57N3O6/c1-4-9-27(23-44)20-31(46)17-15-29-22-37(49-32-12-7-8-13-32)39(47)38-33(29)19-16-28-11-6-5-10-26(2)14-18-34(38)35(25-48-3)30(24-45)21-36(28)43-40(41)42/h20,22,26,28,30,32,34-36,44-45,47H,4,7-15,17-18,21,23-25H2,1-3H3,(H4,41,42,43)/t26-,28+,30-,34-,35?,36-/m0/s1. The molecule has 2 bridgehead atoms. The van der Waals surface area contributed by atoms with Crippen LogP contribution in [0.25, 0.3) is 0 Å². The van der Waals surface area contributed by atoms with Gasteiger partial charge in [-0.05, 0) is 105 Å². The van der Waals surface area contributed by atoms with Gasteiger partial charge in [0.1, 0.15) is 0 Å². The number of ether oxygens (including phenoxy) is 2. The Morgan fingerprint density at radius 3 is 2.53 bits per heavy atom. The maximum atomic E-state index is 13.2. The summed E-state index contributed by atoms with van der Waals surface area (Å²) in [5.74, 6) is 13.3. The van der Waals surface area contributed by atoms with Crippen LogP contribution in [0.15, 0.2) is 22.7 Å². The lowest BCUT2D eigenvalue weighted by molar-refractivity contribution is -0.114. The molecule has 0 radical (unpaired) electrons. The maximum Gasteiger partial charge on any atom is 0.186 e. The molecule has 9 nitrogen and oxygen atoms in total. The number of ketones is 1. The summed E-state index contributed by atoms with van der Waals surface area (Å²) in [5.41, 5.74) is 14.8. The molecule has 0 aromatic heterocycles. The smallest absolute Gasteiger partial charge is 0.186 e. The van der Waals surface area contributed by atoms with E-state index in [-0.39, 0.29) is 66.9 Å². The molecule has 0 aliphatic heterocycles. The Kier molecular flexibility index (Phi) is 14.9. The molecular weight excluding hydrogens is 618 g/mol. The van der Waals surface area contributed by atoms with Crippen molar-refractivity contribution in [1.82, 2.24) is 0 Å². The molecule has 5 rings (SSSR count). The third-order valence-corrected chi connectivity index (χ3v) is 10.4. The van der Waals surface area contributed by atoms with Gasteiger partial charge in [-0.1, -0.05) is 32.1 Å². The van der Waals surface area contributed by atoms with Crippen molar-refractivity contribution >= 4 is 11.7 Å². The van der Waals surface area contributed by atoms with Crippen LogP contribution >= 0.6 is 0 Å². The quantitative estimate of drug-likeness (QED) is 0.0834. The van der Waals surface area contributed by atoms with Crippen molar-refractivity contribution in [3.8, 4) is 35.2 Å². The number of rotatable bonds is 13. The van der Waals surface area contributed by atoms with Crippen LogP contribution < -0.4 is 16.2 Å². The number of aromatic hydroxyl groups is 1. The SMILES string of the molecule is CCCC(=CC(=O)CCc1cc(OC2CCCC2)c(O)c2c1C#C[C@H]1CC#CC[C@H](C)CC[C@H]2C(COC)[C@H](CO)C[C@@H]1N=C(N)N)CO. The van der Waals surface area contributed by atoms with Gasteiger partial charge in [-0.15, -0.1) is 11.8 Å². The van der Waals surface area contributed by atoms with Crippen molar-refractivity contribution in [2.45, 2.75) is 115 Å². The Morgan fingerprint density at radius 2 is 1.86 bits per heavy atom. The van der Waals surface area contributed by atoms with Crippen molar-refractivity contribution in [3.05, 3.63) is 34.4 Å². The first-order valence-corrected chi connectivity index (χ1v) is 18.2. The second-order valence-corrected chi connectivity index (χ2v) is 14.2. The first-order valence-electron chi connectivity index (χ1n) is 18.2. The topological polar surface area (TPSA) is 161 Å². The van der Waals surface area contributed by atoms with Gasteiger partial charge in [0.25, 0.3) is 0 Å². The Bertz CT molecular complexity index is 1450. The van der Waals surface area contributed by atoms with Crippen molar-refractivity contribution in [2.24, 2.45) is 40.1 Å². The molecule has 49 heavy (non-hydrogen) atoms. The number of allylic oxidation sites excluding steroid dienone is 1. The number of methoxy groups -OCH3 is 1. The first kappa shape index (κ1) is 38.3. The monoisotopic (exact) mass is 675 g/mol. The number of nitrogens with zero attached hydrogens (tertiary/aromatic N) is 1. The molecule has 0 spiro atoms. The van der Waals surface area contributed by atoms with E-state index in [1.165, 1.54) is 0 Å². The summed E-state index contributed by atoms with van der Waals surface area (Å²) >= 11 is 0. The summed E-state index contributed by atoms with van der Waals surface area (Å²) in [6.45, 7) is 4.30. The van der Waals surface area contributed by atoms with Gasteiger partial charge >= 0.3 is 0 Å². The predicted molar refractivity (Wildman–Crippen MR) is 193 cm³/mol. The minimum atomic E-state index is -0.409. The highest BCUT2D eigenvalue weighted by Gasteiger charge is 2.38. The van der Waals surface area contributed by atoms with E-state index in [1.54, 1.807) is 13.2 Å². The van der Waals surface area contributed by atoms with E-state index in [9.17, 15) is 20.1 Å². The molecule has 1 fully saturated rings. The Labute approximate surface area is 292 Å². The molecule has 0 heterocycles. The normalized spacial score (nSPS) is 25.9. The van der Waals surface area contributed by atoms with Gasteiger partial charge in [0, 0.05) is 50.7 Å². The zero-order chi connectivity index (χ0) is 35.3. The van der Waals surface area contributed by atoms with E-state index in [1.807, 2.05) is 13.0 Å². The van der Waals surface area contributed by atoms with Gasteiger partial charge in [0.05, 0.1) is 24.7 Å². The number of guanidine groups is 1. The third-order valence-electron chi connectivity index (χ3n) is 10.4. The zero-order valence-corrected chi connectivity index (χ0v) is 29.7. The largest absolute Gasteiger partial charge is 0.504 e. The highest BCUT2D eigenvalue weighted by atomic mass is 16.5. The molecule has 4 aliphatic rings. The number of nitrogens with two attached hydrogens (primary N) is 2. The minimum Gasteiger partial charge on any atom is -0.504 e. The van der Waals surface area contributed by atoms with Crippen LogP contribution in [0.4, 0.5) is 0 Å². The predicted octanol–water partition coefficient (Wildman–Crippen LogP) is 5.12. The molecular formula is C40H57N3O6. The molecule has 9 heteroatoms. The van der Waals surface area contributed by atoms with Crippen LogP contribution in [0, 0.1) is 47.4 Å². The molecule has 0 saturated heterocycles. The molecule has 1 aromatic carbocycles. The molecule has 6 atom stereocenters. The number of aryl methyl sites for hydroxylation is 1. The Balaban J connectivity index is 1.99. The molecule has 1 saturated carbocycles. The second-order valence-electron chi connectivity index (χ2n) is 14.2. The van der Waals surface area contributed by atoms with Crippen molar-refractivity contribution in [2.75, 3.05) is 26.9 Å². The number of aliphatic hydroxyl groups is 2. The lowest BCUT2D eigenvalue weighted by Crippen LogP contribution is -2.36. The summed E-state index contributed by atoms with van der Waals surface area (Å²) in [5, 5.41) is 33.0. The van der Waals surface area contributed by atoms with E-state index >= 15 is 0 Å². The van der Waals surface area contributed by atoms with Crippen molar-refractivity contribution < 1.29 is 29.6 Å². The summed E-state index contributed by atoms with van der Waals surface area (Å²) in [7, 11) is 1.66. The summed E-state index contributed by atoms with van der Waals surface area (Å²) < 4.78 is 12.4. The third kappa shape index (κ3) is 10.5.